The molecule has 0 saturated carbocycles. The van der Waals surface area contributed by atoms with Crippen LogP contribution in [0.2, 0.25) is 0 Å². The van der Waals surface area contributed by atoms with Gasteiger partial charge >= 0.3 is 0 Å². The summed E-state index contributed by atoms with van der Waals surface area (Å²) in [5.74, 6) is -1.27. The molecule has 150 valence electrons. The summed E-state index contributed by atoms with van der Waals surface area (Å²) < 4.78 is 13.0. The molecule has 8 heteroatoms. The number of hydrogen-bond donors (Lipinski definition) is 1. The van der Waals surface area contributed by atoms with Crippen molar-refractivity contribution in [2.45, 2.75) is 13.3 Å². The zero-order valence-electron chi connectivity index (χ0n) is 16.3. The maximum Gasteiger partial charge on any atom is 0.261 e. The molecule has 0 saturated heterocycles. The maximum atomic E-state index is 13.0. The zero-order valence-corrected chi connectivity index (χ0v) is 16.3. The molecular formula is C22H17FN4O3. The number of halogens is 1. The molecule has 0 bridgehead atoms. The van der Waals surface area contributed by atoms with E-state index < -0.39 is 5.91 Å². The molecule has 0 unspecified atom stereocenters. The van der Waals surface area contributed by atoms with Crippen molar-refractivity contribution < 1.29 is 18.8 Å². The number of imide groups is 1. The van der Waals surface area contributed by atoms with Crippen molar-refractivity contribution >= 4 is 23.5 Å². The maximum absolute atomic E-state index is 13.0. The van der Waals surface area contributed by atoms with Crippen LogP contribution >= 0.6 is 0 Å². The molecule has 2 heterocycles. The lowest BCUT2D eigenvalue weighted by molar-refractivity contribution is -0.115. The van der Waals surface area contributed by atoms with Crippen molar-refractivity contribution in [3.63, 3.8) is 0 Å². The van der Waals surface area contributed by atoms with Gasteiger partial charge in [0.2, 0.25) is 5.91 Å². The molecule has 1 aromatic heterocycles. The van der Waals surface area contributed by atoms with Crippen molar-refractivity contribution in [2.75, 3.05) is 12.4 Å². The highest BCUT2D eigenvalue weighted by Gasteiger charge is 2.35. The Morgan fingerprint density at radius 1 is 1.03 bits per heavy atom. The van der Waals surface area contributed by atoms with E-state index in [0.717, 1.165) is 10.5 Å². The van der Waals surface area contributed by atoms with Crippen molar-refractivity contribution in [1.82, 2.24) is 15.1 Å². The summed E-state index contributed by atoms with van der Waals surface area (Å²) in [6.07, 6.45) is -0.0851. The molecule has 1 N–H and O–H groups in total. The zero-order chi connectivity index (χ0) is 21.4. The van der Waals surface area contributed by atoms with E-state index in [1.807, 2.05) is 0 Å². The van der Waals surface area contributed by atoms with Crippen LogP contribution in [0.3, 0.4) is 0 Å². The van der Waals surface area contributed by atoms with E-state index in [1.165, 1.54) is 19.2 Å². The van der Waals surface area contributed by atoms with E-state index >= 15 is 0 Å². The lowest BCUT2D eigenvalue weighted by Gasteiger charge is -2.09. The highest BCUT2D eigenvalue weighted by molar-refractivity contribution is 6.22. The van der Waals surface area contributed by atoms with Gasteiger partial charge in [-0.2, -0.15) is 0 Å². The van der Waals surface area contributed by atoms with Gasteiger partial charge in [0.05, 0.1) is 23.2 Å². The summed E-state index contributed by atoms with van der Waals surface area (Å²) in [6, 6.07) is 12.5. The van der Waals surface area contributed by atoms with Crippen molar-refractivity contribution in [3.8, 4) is 11.3 Å². The highest BCUT2D eigenvalue weighted by Crippen LogP contribution is 2.27. The molecule has 0 radical (unpaired) electrons. The first-order valence-corrected chi connectivity index (χ1v) is 9.19. The first-order chi connectivity index (χ1) is 14.3. The molecular weight excluding hydrogens is 387 g/mol. The number of benzene rings is 2. The fourth-order valence-electron chi connectivity index (χ4n) is 3.40. The Balaban J connectivity index is 1.51. The summed E-state index contributed by atoms with van der Waals surface area (Å²) >= 11 is 0. The standard InChI is InChI=1S/C22H17FN4O3/c1-12-9-14(20-16(10-12)21(29)27(2)22(20)30)11-19(28)24-18-8-7-17(25-26-18)13-3-5-15(23)6-4-13/h3-10H,11H2,1-2H3,(H,24,26,28). The molecule has 3 amide bonds. The van der Waals surface area contributed by atoms with Crippen LogP contribution in [0.4, 0.5) is 10.2 Å². The van der Waals surface area contributed by atoms with Crippen LogP contribution in [0.15, 0.2) is 48.5 Å². The molecule has 3 aromatic rings. The van der Waals surface area contributed by atoms with E-state index in [9.17, 15) is 18.8 Å². The van der Waals surface area contributed by atoms with Crippen LogP contribution < -0.4 is 5.32 Å². The Bertz CT molecular complexity index is 1170. The Hall–Kier alpha value is -3.94. The van der Waals surface area contributed by atoms with Crippen molar-refractivity contribution in [1.29, 1.82) is 0 Å². The number of carbonyl (C=O) groups excluding carboxylic acids is 3. The number of amides is 3. The van der Waals surface area contributed by atoms with E-state index in [0.29, 0.717) is 22.4 Å². The van der Waals surface area contributed by atoms with Gasteiger partial charge in [-0.3, -0.25) is 19.3 Å². The summed E-state index contributed by atoms with van der Waals surface area (Å²) in [4.78, 5) is 38.2. The number of anilines is 1. The number of carbonyl (C=O) groups is 3. The summed E-state index contributed by atoms with van der Waals surface area (Å²) in [5.41, 5.74) is 3.09. The molecule has 4 rings (SSSR count). The van der Waals surface area contributed by atoms with Gasteiger partial charge in [0.1, 0.15) is 5.82 Å². The van der Waals surface area contributed by atoms with Crippen LogP contribution in [0, 0.1) is 12.7 Å². The third-order valence-corrected chi connectivity index (χ3v) is 4.84. The average molecular weight is 404 g/mol. The predicted molar refractivity (Wildman–Crippen MR) is 107 cm³/mol. The largest absolute Gasteiger partial charge is 0.309 e. The second-order valence-electron chi connectivity index (χ2n) is 7.05. The highest BCUT2D eigenvalue weighted by atomic mass is 19.1. The molecule has 30 heavy (non-hydrogen) atoms. The van der Waals surface area contributed by atoms with Crippen molar-refractivity contribution in [2.24, 2.45) is 0 Å². The van der Waals surface area contributed by atoms with Gasteiger partial charge in [0.15, 0.2) is 5.82 Å². The number of fused-ring (bicyclic) bond motifs is 1. The van der Waals surface area contributed by atoms with Gasteiger partial charge in [-0.05, 0) is 60.5 Å². The van der Waals surface area contributed by atoms with E-state index in [2.05, 4.69) is 15.5 Å². The number of nitrogens with one attached hydrogen (secondary N) is 1. The number of nitrogens with zero attached hydrogens (tertiary/aromatic N) is 3. The molecule has 0 spiro atoms. The lowest BCUT2D eigenvalue weighted by Crippen LogP contribution is -2.25. The molecule has 0 fully saturated rings. The minimum absolute atomic E-state index is 0.0851. The van der Waals surface area contributed by atoms with Crippen LogP contribution in [-0.2, 0) is 11.2 Å². The number of hydrogen-bond acceptors (Lipinski definition) is 5. The molecule has 2 aromatic carbocycles. The summed E-state index contributed by atoms with van der Waals surface area (Å²) in [7, 11) is 1.42. The average Bonchev–Trinajstić information content (AvgIpc) is 2.93. The lowest BCUT2D eigenvalue weighted by atomic mass is 9.97. The van der Waals surface area contributed by atoms with Gasteiger partial charge in [-0.15, -0.1) is 10.2 Å². The van der Waals surface area contributed by atoms with E-state index in [4.69, 9.17) is 0 Å². The molecule has 1 aliphatic rings. The van der Waals surface area contributed by atoms with E-state index in [-0.39, 0.29) is 35.4 Å². The monoisotopic (exact) mass is 404 g/mol. The van der Waals surface area contributed by atoms with Crippen LogP contribution in [0.25, 0.3) is 11.3 Å². The van der Waals surface area contributed by atoms with Crippen LogP contribution in [-0.4, -0.2) is 39.9 Å². The Kier molecular flexibility index (Phi) is 4.83. The predicted octanol–water partition coefficient (Wildman–Crippen LogP) is 3.00. The van der Waals surface area contributed by atoms with Crippen LogP contribution in [0.1, 0.15) is 31.8 Å². The van der Waals surface area contributed by atoms with Gasteiger partial charge in [0.25, 0.3) is 11.8 Å². The fraction of sp³-hybridized carbons (Fsp3) is 0.136. The fourth-order valence-corrected chi connectivity index (χ4v) is 3.40. The third kappa shape index (κ3) is 3.55. The van der Waals surface area contributed by atoms with Crippen LogP contribution in [0.5, 0.6) is 0 Å². The van der Waals surface area contributed by atoms with Gasteiger partial charge in [-0.25, -0.2) is 4.39 Å². The first-order valence-electron chi connectivity index (χ1n) is 9.19. The van der Waals surface area contributed by atoms with Gasteiger partial charge in [-0.1, -0.05) is 6.07 Å². The second-order valence-corrected chi connectivity index (χ2v) is 7.05. The molecule has 0 aliphatic carbocycles. The Morgan fingerprint density at radius 2 is 1.77 bits per heavy atom. The summed E-state index contributed by atoms with van der Waals surface area (Å²) in [5, 5.41) is 10.7. The SMILES string of the molecule is Cc1cc(CC(=O)Nc2ccc(-c3ccc(F)cc3)nn2)c2c(c1)C(=O)N(C)C2=O. The summed E-state index contributed by atoms with van der Waals surface area (Å²) in [6.45, 7) is 1.80. The molecule has 1 aliphatic heterocycles. The first kappa shape index (κ1) is 19.4. The van der Waals surface area contributed by atoms with Gasteiger partial charge < -0.3 is 5.32 Å². The van der Waals surface area contributed by atoms with Gasteiger partial charge in [0, 0.05) is 12.6 Å². The molecule has 0 atom stereocenters. The quantitative estimate of drug-likeness (QED) is 0.675. The Morgan fingerprint density at radius 3 is 2.43 bits per heavy atom. The smallest absolute Gasteiger partial charge is 0.261 e. The molecule has 7 nitrogen and oxygen atoms in total. The number of aromatic nitrogens is 2. The second kappa shape index (κ2) is 7.47. The number of rotatable bonds is 4. The minimum atomic E-state index is -0.416. The number of aryl methyl sites for hydroxylation is 1. The normalized spacial score (nSPS) is 12.8. The minimum Gasteiger partial charge on any atom is -0.309 e. The van der Waals surface area contributed by atoms with E-state index in [1.54, 1.807) is 43.3 Å². The third-order valence-electron chi connectivity index (χ3n) is 4.84. The van der Waals surface area contributed by atoms with Crippen molar-refractivity contribution in [3.05, 3.63) is 76.6 Å². The Labute approximate surface area is 171 Å². The topological polar surface area (TPSA) is 92.3 Å².